The number of aliphatic hydroxyl groups is 2. The van der Waals surface area contributed by atoms with Gasteiger partial charge in [0.25, 0.3) is 0 Å². The number of fused-ring (bicyclic) bond motifs is 5. The van der Waals surface area contributed by atoms with Gasteiger partial charge in [-0.3, -0.25) is 9.59 Å². The van der Waals surface area contributed by atoms with Crippen LogP contribution in [0.4, 0.5) is 0 Å². The molecule has 0 aromatic carbocycles. The fraction of sp³-hybridized carbons (Fsp3) is 0.708. The van der Waals surface area contributed by atoms with E-state index >= 15 is 0 Å². The van der Waals surface area contributed by atoms with Gasteiger partial charge in [0, 0.05) is 23.7 Å². The first-order valence-corrected chi connectivity index (χ1v) is 11.5. The van der Waals surface area contributed by atoms with Gasteiger partial charge in [-0.15, -0.1) is 0 Å². The van der Waals surface area contributed by atoms with Crippen LogP contribution in [0.3, 0.4) is 0 Å². The Morgan fingerprint density at radius 2 is 2.07 bits per heavy atom. The summed E-state index contributed by atoms with van der Waals surface area (Å²) in [5.41, 5.74) is 0.697. The van der Waals surface area contributed by atoms with Crippen LogP contribution in [0, 0.1) is 40.4 Å². The molecule has 3 fully saturated rings. The molecule has 0 saturated heterocycles. The van der Waals surface area contributed by atoms with Gasteiger partial charge in [-0.25, -0.2) is 0 Å². The summed E-state index contributed by atoms with van der Waals surface area (Å²) in [7, 11) is 0. The molecule has 0 radical (unpaired) electrons. The second-order valence-corrected chi connectivity index (χ2v) is 10.7. The molecule has 164 valence electrons. The number of aliphatic hydroxyl groups excluding tert-OH is 2. The van der Waals surface area contributed by atoms with E-state index in [0.29, 0.717) is 6.42 Å². The third-order valence-electron chi connectivity index (χ3n) is 8.76. The Labute approximate surface area is 183 Å². The molecule has 8 atom stereocenters. The second-order valence-electron chi connectivity index (χ2n) is 10.3. The molecule has 3 saturated carbocycles. The predicted octanol–water partition coefficient (Wildman–Crippen LogP) is 3.95. The monoisotopic (exact) mass is 432 g/mol. The van der Waals surface area contributed by atoms with Crippen molar-refractivity contribution in [3.05, 3.63) is 23.8 Å². The lowest BCUT2D eigenvalue weighted by Crippen LogP contribution is -2.56. The molecule has 2 N–H and O–H groups in total. The standard InChI is InChI=1S/C24H32O5S/c1-13-10-17-20-16(5-8-24(17,3)21(13)22(28)30)23(2)7-4-15(26)11-14(23)12-18(20)29-19(27)6-9-25/h4,7,11,13,16-18,20-21,25H,5-6,8-10,12H2,1-3H3,(H,28,30)/t13-,16+,17+,18-,20-,21-,23+,24+/m1/s1. The zero-order valence-electron chi connectivity index (χ0n) is 18.0. The minimum absolute atomic E-state index is 0.0119. The van der Waals surface area contributed by atoms with Crippen molar-refractivity contribution in [2.75, 3.05) is 6.61 Å². The Kier molecular flexibility index (Phi) is 5.46. The van der Waals surface area contributed by atoms with Crippen molar-refractivity contribution >= 4 is 29.0 Å². The quantitative estimate of drug-likeness (QED) is 0.517. The molecule has 30 heavy (non-hydrogen) atoms. The summed E-state index contributed by atoms with van der Waals surface area (Å²) in [4.78, 5) is 24.5. The van der Waals surface area contributed by atoms with Gasteiger partial charge in [-0.05, 0) is 66.8 Å². The molecule has 0 bridgehead atoms. The van der Waals surface area contributed by atoms with Crippen molar-refractivity contribution in [1.29, 1.82) is 0 Å². The largest absolute Gasteiger partial charge is 0.502 e. The molecule has 0 heterocycles. The summed E-state index contributed by atoms with van der Waals surface area (Å²) in [5, 5.41) is 19.6. The second kappa shape index (κ2) is 7.56. The highest BCUT2D eigenvalue weighted by molar-refractivity contribution is 7.80. The summed E-state index contributed by atoms with van der Waals surface area (Å²) in [6.45, 7) is 6.37. The highest BCUT2D eigenvalue weighted by Gasteiger charge is 2.64. The van der Waals surface area contributed by atoms with Crippen LogP contribution in [0.5, 0.6) is 0 Å². The van der Waals surface area contributed by atoms with Crippen molar-refractivity contribution in [1.82, 2.24) is 0 Å². The highest BCUT2D eigenvalue weighted by atomic mass is 32.1. The maximum atomic E-state index is 12.4. The van der Waals surface area contributed by atoms with Gasteiger partial charge in [0.05, 0.1) is 13.0 Å². The highest BCUT2D eigenvalue weighted by Crippen LogP contribution is 2.67. The summed E-state index contributed by atoms with van der Waals surface area (Å²) < 4.78 is 5.94. The van der Waals surface area contributed by atoms with Crippen molar-refractivity contribution in [3.8, 4) is 0 Å². The Morgan fingerprint density at radius 3 is 2.73 bits per heavy atom. The SMILES string of the molecule is C[C@@H]1C[C@H]2[C@@H]3[C@H](OC(=O)CCO)CC4=CC(=O)C=C[C@]4(C)[C@H]3CC[C@]2(C)[C@H]1C(O)=S. The first-order valence-electron chi connectivity index (χ1n) is 11.1. The Bertz CT molecular complexity index is 831. The number of hydrogen-bond acceptors (Lipinski definition) is 5. The molecule has 5 nitrogen and oxygen atoms in total. The molecule has 0 amide bonds. The first-order chi connectivity index (χ1) is 14.1. The van der Waals surface area contributed by atoms with Gasteiger partial charge in [0.2, 0.25) is 0 Å². The smallest absolute Gasteiger partial charge is 0.308 e. The number of rotatable bonds is 4. The van der Waals surface area contributed by atoms with E-state index in [9.17, 15) is 19.8 Å². The van der Waals surface area contributed by atoms with Crippen LogP contribution in [0.25, 0.3) is 0 Å². The molecule has 4 aliphatic rings. The Balaban J connectivity index is 1.75. The van der Waals surface area contributed by atoms with Crippen LogP contribution in [0.15, 0.2) is 23.8 Å². The number of allylic oxidation sites excluding steroid dienone is 3. The normalized spacial score (nSPS) is 44.5. The number of ether oxygens (including phenoxy) is 1. The lowest BCUT2D eigenvalue weighted by molar-refractivity contribution is -0.165. The van der Waals surface area contributed by atoms with Gasteiger partial charge >= 0.3 is 5.97 Å². The van der Waals surface area contributed by atoms with E-state index in [1.54, 1.807) is 12.2 Å². The van der Waals surface area contributed by atoms with Gasteiger partial charge < -0.3 is 14.9 Å². The van der Waals surface area contributed by atoms with Crippen LogP contribution >= 0.6 is 12.2 Å². The topological polar surface area (TPSA) is 83.8 Å². The first kappa shape index (κ1) is 21.7. The number of esters is 1. The van der Waals surface area contributed by atoms with Gasteiger partial charge in [-0.1, -0.05) is 32.4 Å². The fourth-order valence-electron chi connectivity index (χ4n) is 7.48. The fourth-order valence-corrected chi connectivity index (χ4v) is 7.98. The third-order valence-corrected chi connectivity index (χ3v) is 9.02. The summed E-state index contributed by atoms with van der Waals surface area (Å²) in [6, 6.07) is 0. The summed E-state index contributed by atoms with van der Waals surface area (Å²) in [6.07, 6.45) is 8.48. The minimum atomic E-state index is -0.393. The molecule has 4 aliphatic carbocycles. The van der Waals surface area contributed by atoms with E-state index in [1.165, 1.54) is 0 Å². The Hall–Kier alpha value is -1.53. The minimum Gasteiger partial charge on any atom is -0.502 e. The van der Waals surface area contributed by atoms with Crippen molar-refractivity contribution in [2.45, 2.75) is 59.0 Å². The van der Waals surface area contributed by atoms with Crippen LogP contribution < -0.4 is 0 Å². The molecule has 6 heteroatoms. The molecular formula is C24H32O5S. The summed E-state index contributed by atoms with van der Waals surface area (Å²) in [5.74, 6) is 0.507. The van der Waals surface area contributed by atoms with Crippen LogP contribution in [0.2, 0.25) is 0 Å². The molecule has 0 unspecified atom stereocenters. The zero-order chi connectivity index (χ0) is 21.8. The zero-order valence-corrected chi connectivity index (χ0v) is 18.8. The Morgan fingerprint density at radius 1 is 1.33 bits per heavy atom. The molecule has 0 spiro atoms. The van der Waals surface area contributed by atoms with E-state index in [2.05, 4.69) is 26.8 Å². The van der Waals surface area contributed by atoms with E-state index < -0.39 is 5.97 Å². The van der Waals surface area contributed by atoms with E-state index in [1.807, 2.05) is 0 Å². The third kappa shape index (κ3) is 3.18. The van der Waals surface area contributed by atoms with Gasteiger partial charge in [0.15, 0.2) is 10.8 Å². The molecule has 4 rings (SSSR count). The van der Waals surface area contributed by atoms with Gasteiger partial charge in [0.1, 0.15) is 6.10 Å². The van der Waals surface area contributed by atoms with E-state index in [0.717, 1.165) is 24.8 Å². The molecule has 0 aromatic heterocycles. The van der Waals surface area contributed by atoms with Crippen LogP contribution in [-0.4, -0.2) is 39.7 Å². The number of carbonyl (C=O) groups excluding carboxylic acids is 2. The van der Waals surface area contributed by atoms with Crippen LogP contribution in [-0.2, 0) is 14.3 Å². The van der Waals surface area contributed by atoms with E-state index in [4.69, 9.17) is 17.0 Å². The molecule has 0 aliphatic heterocycles. The number of hydrogen-bond donors (Lipinski definition) is 2. The van der Waals surface area contributed by atoms with Crippen molar-refractivity contribution in [2.24, 2.45) is 40.4 Å². The molecule has 0 aromatic rings. The van der Waals surface area contributed by atoms with E-state index in [-0.39, 0.29) is 70.4 Å². The number of ketones is 1. The van der Waals surface area contributed by atoms with Gasteiger partial charge in [-0.2, -0.15) is 0 Å². The maximum Gasteiger partial charge on any atom is 0.308 e. The number of carbonyl (C=O) groups is 2. The lowest BCUT2D eigenvalue weighted by Gasteiger charge is -2.58. The molecular weight excluding hydrogens is 400 g/mol. The predicted molar refractivity (Wildman–Crippen MR) is 117 cm³/mol. The van der Waals surface area contributed by atoms with Crippen molar-refractivity contribution < 1.29 is 24.5 Å². The lowest BCUT2D eigenvalue weighted by atomic mass is 9.47. The van der Waals surface area contributed by atoms with Crippen molar-refractivity contribution in [3.63, 3.8) is 0 Å². The van der Waals surface area contributed by atoms with Crippen LogP contribution in [0.1, 0.15) is 52.9 Å². The summed E-state index contributed by atoms with van der Waals surface area (Å²) >= 11 is 5.27. The number of thiocarbonyl (C=S) groups is 1. The average Bonchev–Trinajstić information content (AvgIpc) is 2.93. The maximum absolute atomic E-state index is 12.4. The average molecular weight is 433 g/mol.